The summed E-state index contributed by atoms with van der Waals surface area (Å²) in [7, 11) is 1.37. The minimum absolute atomic E-state index is 0.226. The van der Waals surface area contributed by atoms with Crippen molar-refractivity contribution in [3.63, 3.8) is 0 Å². The standard InChI is InChI=1S/C19H16ClN5O2/c1-27-17(26)8-6-15-19-24-22-11-25(19)16-7-5-12(20)10-13(16)18(23-15)14-4-2-3-9-21-14/h2-5,7,9-11,15H,6,8H2,1H3. The van der Waals surface area contributed by atoms with E-state index < -0.39 is 0 Å². The van der Waals surface area contributed by atoms with E-state index in [4.69, 9.17) is 21.3 Å². The molecule has 136 valence electrons. The van der Waals surface area contributed by atoms with E-state index in [0.717, 1.165) is 16.9 Å². The van der Waals surface area contributed by atoms with Gasteiger partial charge in [-0.1, -0.05) is 17.7 Å². The lowest BCUT2D eigenvalue weighted by Crippen LogP contribution is -2.09. The fraction of sp³-hybridized carbons (Fsp3) is 0.211. The molecular formula is C19H16ClN5O2. The van der Waals surface area contributed by atoms with Crippen LogP contribution in [-0.4, -0.2) is 38.5 Å². The summed E-state index contributed by atoms with van der Waals surface area (Å²) in [4.78, 5) is 21.0. The first-order chi connectivity index (χ1) is 13.2. The molecule has 1 aliphatic heterocycles. The Morgan fingerprint density at radius 2 is 2.19 bits per heavy atom. The molecule has 0 N–H and O–H groups in total. The maximum atomic E-state index is 11.7. The second kappa shape index (κ2) is 7.28. The van der Waals surface area contributed by atoms with Crippen molar-refractivity contribution in [2.45, 2.75) is 18.9 Å². The third-order valence-corrected chi connectivity index (χ3v) is 4.62. The number of nitrogens with zero attached hydrogens (tertiary/aromatic N) is 5. The second-order valence-corrected chi connectivity index (χ2v) is 6.48. The highest BCUT2D eigenvalue weighted by molar-refractivity contribution is 6.31. The average Bonchev–Trinajstić information content (AvgIpc) is 3.13. The van der Waals surface area contributed by atoms with E-state index in [0.29, 0.717) is 23.0 Å². The number of benzene rings is 1. The summed E-state index contributed by atoms with van der Waals surface area (Å²) < 4.78 is 6.65. The van der Waals surface area contributed by atoms with Crippen LogP contribution in [0.3, 0.4) is 0 Å². The lowest BCUT2D eigenvalue weighted by atomic mass is 10.0. The summed E-state index contributed by atoms with van der Waals surface area (Å²) in [5, 5.41) is 8.89. The van der Waals surface area contributed by atoms with Crippen molar-refractivity contribution in [1.82, 2.24) is 19.7 Å². The van der Waals surface area contributed by atoms with E-state index in [9.17, 15) is 4.79 Å². The van der Waals surface area contributed by atoms with Gasteiger partial charge in [-0.05, 0) is 36.8 Å². The SMILES string of the molecule is COC(=O)CCC1N=C(c2ccccn2)c2cc(Cl)ccc2-n2cnnc21. The third-order valence-electron chi connectivity index (χ3n) is 4.39. The van der Waals surface area contributed by atoms with Gasteiger partial charge in [0.05, 0.1) is 24.2 Å². The summed E-state index contributed by atoms with van der Waals surface area (Å²) in [6.45, 7) is 0. The van der Waals surface area contributed by atoms with E-state index >= 15 is 0 Å². The van der Waals surface area contributed by atoms with Crippen LogP contribution in [-0.2, 0) is 9.53 Å². The summed E-state index contributed by atoms with van der Waals surface area (Å²) in [6.07, 6.45) is 4.04. The number of methoxy groups -OCH3 is 1. The molecule has 8 heteroatoms. The molecule has 0 spiro atoms. The Balaban J connectivity index is 1.89. The Labute approximate surface area is 160 Å². The van der Waals surface area contributed by atoms with Crippen molar-refractivity contribution in [3.05, 3.63) is 71.0 Å². The molecule has 2 aromatic heterocycles. The molecular weight excluding hydrogens is 366 g/mol. The maximum absolute atomic E-state index is 11.7. The van der Waals surface area contributed by atoms with Gasteiger partial charge >= 0.3 is 5.97 Å². The first kappa shape index (κ1) is 17.4. The number of carbonyl (C=O) groups is 1. The molecule has 0 radical (unpaired) electrons. The molecule has 27 heavy (non-hydrogen) atoms. The first-order valence-electron chi connectivity index (χ1n) is 8.43. The zero-order valence-corrected chi connectivity index (χ0v) is 15.3. The van der Waals surface area contributed by atoms with Crippen molar-refractivity contribution in [1.29, 1.82) is 0 Å². The number of esters is 1. The van der Waals surface area contributed by atoms with Crippen LogP contribution in [0, 0.1) is 0 Å². The maximum Gasteiger partial charge on any atom is 0.305 e. The van der Waals surface area contributed by atoms with Crippen LogP contribution in [0.5, 0.6) is 0 Å². The lowest BCUT2D eigenvalue weighted by molar-refractivity contribution is -0.140. The highest BCUT2D eigenvalue weighted by atomic mass is 35.5. The molecule has 3 aromatic rings. The van der Waals surface area contributed by atoms with E-state index in [-0.39, 0.29) is 18.4 Å². The molecule has 7 nitrogen and oxygen atoms in total. The van der Waals surface area contributed by atoms with Crippen LogP contribution >= 0.6 is 11.6 Å². The highest BCUT2D eigenvalue weighted by Crippen LogP contribution is 2.32. The number of aliphatic imine (C=N–C) groups is 1. The van der Waals surface area contributed by atoms with Crippen LogP contribution in [0.15, 0.2) is 53.9 Å². The Kier molecular flexibility index (Phi) is 4.68. The molecule has 1 atom stereocenters. The Bertz CT molecular complexity index is 1020. The van der Waals surface area contributed by atoms with E-state index in [2.05, 4.69) is 15.2 Å². The van der Waals surface area contributed by atoms with Crippen molar-refractivity contribution >= 4 is 23.3 Å². The molecule has 1 aromatic carbocycles. The van der Waals surface area contributed by atoms with Gasteiger partial charge in [0.2, 0.25) is 0 Å². The summed E-state index contributed by atoms with van der Waals surface area (Å²) in [5.41, 5.74) is 3.13. The van der Waals surface area contributed by atoms with E-state index in [1.54, 1.807) is 12.5 Å². The third kappa shape index (κ3) is 3.33. The average molecular weight is 382 g/mol. The van der Waals surface area contributed by atoms with Crippen molar-refractivity contribution < 1.29 is 9.53 Å². The van der Waals surface area contributed by atoms with Gasteiger partial charge in [0.1, 0.15) is 12.4 Å². The predicted molar refractivity (Wildman–Crippen MR) is 100 cm³/mol. The van der Waals surface area contributed by atoms with Crippen LogP contribution in [0.1, 0.15) is 36.0 Å². The fourth-order valence-corrected chi connectivity index (χ4v) is 3.28. The minimum Gasteiger partial charge on any atom is -0.469 e. The van der Waals surface area contributed by atoms with Gasteiger partial charge < -0.3 is 4.74 Å². The molecule has 3 heterocycles. The molecule has 0 fully saturated rings. The molecule has 1 unspecified atom stereocenters. The zero-order valence-electron chi connectivity index (χ0n) is 14.5. The fourth-order valence-electron chi connectivity index (χ4n) is 3.11. The van der Waals surface area contributed by atoms with Gasteiger partial charge in [-0.15, -0.1) is 10.2 Å². The molecule has 0 bridgehead atoms. The van der Waals surface area contributed by atoms with Crippen LogP contribution in [0.4, 0.5) is 0 Å². The van der Waals surface area contributed by atoms with Gasteiger partial charge in [-0.25, -0.2) is 0 Å². The number of hydrogen-bond acceptors (Lipinski definition) is 6. The number of halogens is 1. The van der Waals surface area contributed by atoms with Gasteiger partial charge in [0, 0.05) is 23.2 Å². The van der Waals surface area contributed by atoms with Crippen molar-refractivity contribution in [3.8, 4) is 5.69 Å². The molecule has 4 rings (SSSR count). The lowest BCUT2D eigenvalue weighted by Gasteiger charge is -2.11. The van der Waals surface area contributed by atoms with E-state index in [1.807, 2.05) is 41.0 Å². The summed E-state index contributed by atoms with van der Waals surface area (Å²) >= 11 is 6.26. The minimum atomic E-state index is -0.366. The smallest absolute Gasteiger partial charge is 0.305 e. The largest absolute Gasteiger partial charge is 0.469 e. The second-order valence-electron chi connectivity index (χ2n) is 6.04. The molecule has 0 amide bonds. The van der Waals surface area contributed by atoms with Gasteiger partial charge in [-0.2, -0.15) is 0 Å². The highest BCUT2D eigenvalue weighted by Gasteiger charge is 2.27. The molecule has 0 saturated heterocycles. The normalized spacial score (nSPS) is 15.3. The summed E-state index contributed by atoms with van der Waals surface area (Å²) in [5.74, 6) is 0.369. The molecule has 1 aliphatic rings. The zero-order chi connectivity index (χ0) is 18.8. The van der Waals surface area contributed by atoms with Crippen molar-refractivity contribution in [2.75, 3.05) is 7.11 Å². The Hall–Kier alpha value is -3.06. The first-order valence-corrected chi connectivity index (χ1v) is 8.81. The van der Waals surface area contributed by atoms with Crippen LogP contribution < -0.4 is 0 Å². The number of hydrogen-bond donors (Lipinski definition) is 0. The number of ether oxygens (including phenoxy) is 1. The monoisotopic (exact) mass is 381 g/mol. The Morgan fingerprint density at radius 3 is 2.96 bits per heavy atom. The quantitative estimate of drug-likeness (QED) is 0.648. The van der Waals surface area contributed by atoms with E-state index in [1.165, 1.54) is 7.11 Å². The van der Waals surface area contributed by atoms with Gasteiger partial charge in [0.25, 0.3) is 0 Å². The van der Waals surface area contributed by atoms with Gasteiger partial charge in [0.15, 0.2) is 5.82 Å². The Morgan fingerprint density at radius 1 is 1.30 bits per heavy atom. The number of pyridine rings is 1. The van der Waals surface area contributed by atoms with Crippen LogP contribution in [0.2, 0.25) is 5.02 Å². The predicted octanol–water partition coefficient (Wildman–Crippen LogP) is 3.16. The van der Waals surface area contributed by atoms with Crippen LogP contribution in [0.25, 0.3) is 5.69 Å². The number of aromatic nitrogens is 4. The van der Waals surface area contributed by atoms with Gasteiger partial charge in [-0.3, -0.25) is 19.3 Å². The number of carbonyl (C=O) groups excluding carboxylic acids is 1. The number of rotatable bonds is 4. The number of fused-ring (bicyclic) bond motifs is 3. The van der Waals surface area contributed by atoms with Crippen molar-refractivity contribution in [2.24, 2.45) is 4.99 Å². The summed E-state index contributed by atoms with van der Waals surface area (Å²) in [6, 6.07) is 10.9. The molecule has 0 saturated carbocycles. The molecule has 0 aliphatic carbocycles. The topological polar surface area (TPSA) is 82.3 Å².